The van der Waals surface area contributed by atoms with Crippen molar-refractivity contribution in [2.24, 2.45) is 0 Å². The minimum Gasteiger partial charge on any atom is -0.479 e. The maximum atomic E-state index is 13.1. The molecule has 1 aliphatic rings. The molecule has 1 fully saturated rings. The van der Waals surface area contributed by atoms with Gasteiger partial charge in [-0.05, 0) is 128 Å². The Hall–Kier alpha value is -5.66. The summed E-state index contributed by atoms with van der Waals surface area (Å²) in [4.78, 5) is 51.2. The summed E-state index contributed by atoms with van der Waals surface area (Å²) in [5, 5.41) is 31.5. The normalized spacial score (nSPS) is 18.9. The highest BCUT2D eigenvalue weighted by Crippen LogP contribution is 2.26. The van der Waals surface area contributed by atoms with Crippen LogP contribution < -0.4 is 0 Å². The minimum absolute atomic E-state index is 0.0792. The van der Waals surface area contributed by atoms with Gasteiger partial charge >= 0.3 is 23.9 Å². The summed E-state index contributed by atoms with van der Waals surface area (Å²) in [7, 11) is 0. The number of carbonyl (C=O) groups is 4. The van der Waals surface area contributed by atoms with E-state index in [0.717, 1.165) is 135 Å². The maximum Gasteiger partial charge on any atom is 0.335 e. The van der Waals surface area contributed by atoms with Crippen LogP contribution in [0.1, 0.15) is 201 Å². The lowest BCUT2D eigenvalue weighted by Gasteiger charge is -2.40. The molecule has 0 aromatic carbocycles. The van der Waals surface area contributed by atoms with Crippen LogP contribution in [0.4, 0.5) is 0 Å². The third kappa shape index (κ3) is 44.7. The second-order valence-corrected chi connectivity index (χ2v) is 19.9. The number of ether oxygens (including phenoxy) is 5. The van der Waals surface area contributed by atoms with Crippen LogP contribution in [0.2, 0.25) is 0 Å². The number of allylic oxidation sites excluding steroid dienone is 26. The zero-order valence-electron chi connectivity index (χ0n) is 49.7. The number of rotatable bonds is 49. The van der Waals surface area contributed by atoms with Crippen LogP contribution in [0.5, 0.6) is 0 Å². The smallest absolute Gasteiger partial charge is 0.335 e. The lowest BCUT2D eigenvalue weighted by Crippen LogP contribution is -2.61. The summed E-state index contributed by atoms with van der Waals surface area (Å²) in [5.41, 5.74) is 0. The highest BCUT2D eigenvalue weighted by molar-refractivity contribution is 5.74. The molecule has 0 radical (unpaired) electrons. The van der Waals surface area contributed by atoms with Crippen LogP contribution in [-0.4, -0.2) is 89.2 Å². The molecular weight excluding hydrogens is 1020 g/mol. The average Bonchev–Trinajstić information content (AvgIpc) is 3.54. The molecule has 1 heterocycles. The maximum absolute atomic E-state index is 13.1. The first kappa shape index (κ1) is 73.4. The topological polar surface area (TPSA) is 175 Å². The zero-order valence-corrected chi connectivity index (χ0v) is 49.7. The third-order valence-electron chi connectivity index (χ3n) is 12.6. The molecule has 3 N–H and O–H groups in total. The van der Waals surface area contributed by atoms with Crippen LogP contribution >= 0.6 is 0 Å². The van der Waals surface area contributed by atoms with Crippen LogP contribution in [0.15, 0.2) is 158 Å². The number of aliphatic hydroxyl groups excluding tert-OH is 2. The van der Waals surface area contributed by atoms with Crippen molar-refractivity contribution in [1.29, 1.82) is 0 Å². The highest BCUT2D eigenvalue weighted by atomic mass is 16.7. The Morgan fingerprint density at radius 2 is 0.802 bits per heavy atom. The number of aliphatic hydroxyl groups is 2. The highest BCUT2D eigenvalue weighted by Gasteiger charge is 2.50. The molecule has 12 heteroatoms. The van der Waals surface area contributed by atoms with E-state index in [1.54, 1.807) is 0 Å². The summed E-state index contributed by atoms with van der Waals surface area (Å²) >= 11 is 0. The number of carboxylic acids is 1. The molecular formula is C69H104O12. The molecule has 1 rings (SSSR count). The van der Waals surface area contributed by atoms with Gasteiger partial charge in [-0.1, -0.05) is 211 Å². The van der Waals surface area contributed by atoms with Gasteiger partial charge in [0.05, 0.1) is 6.61 Å². The first-order valence-electron chi connectivity index (χ1n) is 30.5. The molecule has 1 aliphatic heterocycles. The fourth-order valence-corrected chi connectivity index (χ4v) is 7.99. The van der Waals surface area contributed by atoms with Gasteiger partial charge in [-0.2, -0.15) is 0 Å². The van der Waals surface area contributed by atoms with Gasteiger partial charge in [-0.25, -0.2) is 4.79 Å². The van der Waals surface area contributed by atoms with E-state index in [1.807, 2.05) is 18.2 Å². The van der Waals surface area contributed by atoms with Gasteiger partial charge in [0.25, 0.3) is 0 Å². The van der Waals surface area contributed by atoms with Crippen LogP contribution in [0.3, 0.4) is 0 Å². The van der Waals surface area contributed by atoms with Gasteiger partial charge in [0, 0.05) is 19.3 Å². The zero-order chi connectivity index (χ0) is 58.9. The molecule has 6 unspecified atom stereocenters. The quantitative estimate of drug-likeness (QED) is 0.0228. The molecule has 452 valence electrons. The number of unbranched alkanes of at least 4 members (excludes halogenated alkanes) is 9. The third-order valence-corrected chi connectivity index (χ3v) is 12.6. The summed E-state index contributed by atoms with van der Waals surface area (Å²) < 4.78 is 28.3. The van der Waals surface area contributed by atoms with Crippen LogP contribution in [-0.2, 0) is 42.9 Å². The Morgan fingerprint density at radius 1 is 0.420 bits per heavy atom. The van der Waals surface area contributed by atoms with E-state index in [2.05, 4.69) is 161 Å². The van der Waals surface area contributed by atoms with Gasteiger partial charge in [0.2, 0.25) is 0 Å². The van der Waals surface area contributed by atoms with Crippen molar-refractivity contribution < 1.29 is 58.2 Å². The predicted molar refractivity (Wildman–Crippen MR) is 330 cm³/mol. The van der Waals surface area contributed by atoms with E-state index in [-0.39, 0.29) is 25.9 Å². The summed E-state index contributed by atoms with van der Waals surface area (Å²) in [6, 6.07) is 0. The van der Waals surface area contributed by atoms with Crippen LogP contribution in [0, 0.1) is 0 Å². The molecule has 12 nitrogen and oxygen atoms in total. The van der Waals surface area contributed by atoms with Crippen molar-refractivity contribution in [2.45, 2.75) is 237 Å². The largest absolute Gasteiger partial charge is 0.479 e. The molecule has 6 atom stereocenters. The van der Waals surface area contributed by atoms with Crippen molar-refractivity contribution in [1.82, 2.24) is 0 Å². The lowest BCUT2D eigenvalue weighted by molar-refractivity contribution is -0.301. The Labute approximate surface area is 488 Å². The number of aliphatic carboxylic acids is 1. The van der Waals surface area contributed by atoms with E-state index in [4.69, 9.17) is 23.7 Å². The van der Waals surface area contributed by atoms with Crippen molar-refractivity contribution >= 4 is 23.9 Å². The van der Waals surface area contributed by atoms with Crippen molar-refractivity contribution in [3.63, 3.8) is 0 Å². The summed E-state index contributed by atoms with van der Waals surface area (Å²) in [5.74, 6) is -3.32. The summed E-state index contributed by atoms with van der Waals surface area (Å²) in [6.07, 6.45) is 67.9. The number of hydrogen-bond donors (Lipinski definition) is 3. The van der Waals surface area contributed by atoms with Gasteiger partial charge < -0.3 is 39.0 Å². The fourth-order valence-electron chi connectivity index (χ4n) is 7.99. The SMILES string of the molecule is CC/C=C\C/C=C\C/C=C\C/C=C\C/C=C\C/C=C\CCC(=O)OC1C(OCC(COC(=O)CCCCC/C=C\C/C=C\C/C=C\C/C=C\C/C=C\CC)OC(=O)CCCCCCC/C=C\C/C=C\CCC)OC(C(=O)O)C(O)C1O. The van der Waals surface area contributed by atoms with Crippen LogP contribution in [0.25, 0.3) is 0 Å². The summed E-state index contributed by atoms with van der Waals surface area (Å²) in [6.45, 7) is 5.61. The Bertz CT molecular complexity index is 2010. The minimum atomic E-state index is -1.94. The van der Waals surface area contributed by atoms with E-state index < -0.39 is 67.3 Å². The molecule has 0 aliphatic carbocycles. The monoisotopic (exact) mass is 1120 g/mol. The Kier molecular flexibility index (Phi) is 49.7. The predicted octanol–water partition coefficient (Wildman–Crippen LogP) is 16.1. The first-order chi connectivity index (χ1) is 39.6. The van der Waals surface area contributed by atoms with E-state index >= 15 is 0 Å². The number of carbonyl (C=O) groups excluding carboxylic acids is 3. The second-order valence-electron chi connectivity index (χ2n) is 19.9. The lowest BCUT2D eigenvalue weighted by atomic mass is 9.98. The van der Waals surface area contributed by atoms with Gasteiger partial charge in [0.15, 0.2) is 24.6 Å². The number of esters is 3. The molecule has 0 aromatic heterocycles. The molecule has 81 heavy (non-hydrogen) atoms. The van der Waals surface area contributed by atoms with Crippen molar-refractivity contribution in [3.05, 3.63) is 158 Å². The van der Waals surface area contributed by atoms with Gasteiger partial charge in [-0.15, -0.1) is 0 Å². The molecule has 0 amide bonds. The number of hydrogen-bond acceptors (Lipinski definition) is 11. The van der Waals surface area contributed by atoms with Gasteiger partial charge in [0.1, 0.15) is 18.8 Å². The fraction of sp³-hybridized carbons (Fsp3) is 0.565. The molecule has 0 aromatic rings. The van der Waals surface area contributed by atoms with E-state index in [0.29, 0.717) is 25.7 Å². The average molecular weight is 1130 g/mol. The standard InChI is InChI=1S/C69H104O12/c1-4-7-10-13-16-19-22-25-27-29-31-33-35-38-40-43-46-49-52-55-61(70)77-58-60(79-62(71)56-53-50-47-44-41-37-24-21-18-15-12-9-6-3)59-78-69-67(65(74)64(73)66(81-69)68(75)76)80-63(72)57-54-51-48-45-42-39-36-34-32-30-28-26-23-20-17-14-11-8-5-2/h7-8,10-12,15-17,19-21,24-28,31-34,38-40,42,48,51,60,64-67,69,73-74H,4-6,9,13-14,18,22-23,29-30,35-37,41,43-47,49-50,52-59H2,1-3H3,(H,75,76)/b10-7-,11-8-,15-12-,19-16-,20-17-,24-21-,27-25-,28-26-,33-31-,34-32-,40-38-,42-39-,51-48-. The Morgan fingerprint density at radius 3 is 1.25 bits per heavy atom. The van der Waals surface area contributed by atoms with Gasteiger partial charge in [-0.3, -0.25) is 14.4 Å². The molecule has 0 saturated carbocycles. The first-order valence-corrected chi connectivity index (χ1v) is 30.5. The number of carboxylic acid groups (broad SMARTS) is 1. The Balaban J connectivity index is 2.76. The van der Waals surface area contributed by atoms with Crippen molar-refractivity contribution in [2.75, 3.05) is 13.2 Å². The van der Waals surface area contributed by atoms with Crippen molar-refractivity contribution in [3.8, 4) is 0 Å². The molecule has 0 bridgehead atoms. The second kappa shape index (κ2) is 54.9. The van der Waals surface area contributed by atoms with E-state index in [1.165, 1.54) is 0 Å². The van der Waals surface area contributed by atoms with E-state index in [9.17, 15) is 34.5 Å². The molecule has 0 spiro atoms. The molecule has 1 saturated heterocycles.